The monoisotopic (exact) mass is 815 g/mol. The zero-order chi connectivity index (χ0) is 43.1. The van der Waals surface area contributed by atoms with Crippen LogP contribution in [0.15, 0.2) is 188 Å². The van der Waals surface area contributed by atoms with Crippen LogP contribution in [0.4, 0.5) is 17.1 Å². The van der Waals surface area contributed by atoms with Gasteiger partial charge in [-0.3, -0.25) is 0 Å². The number of nitrogens with zero attached hydrogens (tertiary/aromatic N) is 1. The Bertz CT molecular complexity index is 3000. The molecule has 63 heavy (non-hydrogen) atoms. The standard InChI is InChI=1S/C62H57N/c1-7-39-61(48-30-18-15-23-42(48)8-2)41-59(3,4)54-40-45(37-38-51(54)61)63(55-35-21-33-52-57(55)46-28-16-19-31-49(46)60(52,5)6)56-36-22-34-53-58(56)47-29-17-20-32-50(47)62(53,43-24-11-9-12-25-43)44-26-13-10-14-27-44/h9-38,40H,7-8,39,41H2,1-6H3. The summed E-state index contributed by atoms with van der Waals surface area (Å²) in [6, 6.07) is 71.8. The third-order valence-corrected chi connectivity index (χ3v) is 15.4. The predicted octanol–water partition coefficient (Wildman–Crippen LogP) is 16.2. The molecule has 0 fully saturated rings. The van der Waals surface area contributed by atoms with Crippen LogP contribution in [0.2, 0.25) is 0 Å². The van der Waals surface area contributed by atoms with Crippen molar-refractivity contribution in [1.82, 2.24) is 0 Å². The molecule has 1 unspecified atom stereocenters. The Morgan fingerprint density at radius 3 is 1.60 bits per heavy atom. The van der Waals surface area contributed by atoms with E-state index >= 15 is 0 Å². The summed E-state index contributed by atoms with van der Waals surface area (Å²) in [6.45, 7) is 14.5. The molecule has 310 valence electrons. The average Bonchev–Trinajstić information content (AvgIpc) is 3.85. The molecule has 8 aromatic rings. The number of aryl methyl sites for hydroxylation is 1. The average molecular weight is 816 g/mol. The van der Waals surface area contributed by atoms with Crippen LogP contribution in [0.5, 0.6) is 0 Å². The smallest absolute Gasteiger partial charge is 0.0714 e. The summed E-state index contributed by atoms with van der Waals surface area (Å²) < 4.78 is 0. The van der Waals surface area contributed by atoms with E-state index in [1.54, 1.807) is 0 Å². The van der Waals surface area contributed by atoms with E-state index in [0.29, 0.717) is 0 Å². The highest BCUT2D eigenvalue weighted by Crippen LogP contribution is 2.62. The van der Waals surface area contributed by atoms with Gasteiger partial charge in [-0.15, -0.1) is 0 Å². The molecule has 1 heteroatoms. The van der Waals surface area contributed by atoms with E-state index in [2.05, 4.69) is 234 Å². The molecule has 0 radical (unpaired) electrons. The normalized spacial score (nSPS) is 17.9. The number of benzene rings is 8. The van der Waals surface area contributed by atoms with Crippen molar-refractivity contribution in [3.63, 3.8) is 0 Å². The van der Waals surface area contributed by atoms with Gasteiger partial charge in [-0.25, -0.2) is 0 Å². The molecule has 0 saturated heterocycles. The van der Waals surface area contributed by atoms with E-state index in [4.69, 9.17) is 0 Å². The van der Waals surface area contributed by atoms with E-state index in [-0.39, 0.29) is 16.2 Å². The van der Waals surface area contributed by atoms with E-state index in [0.717, 1.165) is 25.7 Å². The Kier molecular flexibility index (Phi) is 9.11. The van der Waals surface area contributed by atoms with Crippen LogP contribution in [0.25, 0.3) is 22.3 Å². The lowest BCUT2D eigenvalue weighted by molar-refractivity contribution is 0.375. The first-order valence-corrected chi connectivity index (χ1v) is 23.3. The molecule has 3 aliphatic rings. The maximum atomic E-state index is 2.65. The fraction of sp³-hybridized carbons (Fsp3) is 0.226. The van der Waals surface area contributed by atoms with Crippen LogP contribution in [0.1, 0.15) is 116 Å². The van der Waals surface area contributed by atoms with Gasteiger partial charge in [-0.1, -0.05) is 212 Å². The highest BCUT2D eigenvalue weighted by Gasteiger charge is 2.50. The van der Waals surface area contributed by atoms with Crippen LogP contribution in [-0.4, -0.2) is 0 Å². The van der Waals surface area contributed by atoms with Crippen molar-refractivity contribution in [3.05, 3.63) is 244 Å². The van der Waals surface area contributed by atoms with Crippen molar-refractivity contribution in [1.29, 1.82) is 0 Å². The highest BCUT2D eigenvalue weighted by atomic mass is 15.1. The van der Waals surface area contributed by atoms with E-state index in [9.17, 15) is 0 Å². The van der Waals surface area contributed by atoms with Crippen LogP contribution in [0, 0.1) is 0 Å². The molecule has 0 aromatic heterocycles. The third-order valence-electron chi connectivity index (χ3n) is 15.4. The summed E-state index contributed by atoms with van der Waals surface area (Å²) in [4.78, 5) is 2.65. The van der Waals surface area contributed by atoms with Crippen molar-refractivity contribution in [3.8, 4) is 22.3 Å². The molecule has 1 nitrogen and oxygen atoms in total. The van der Waals surface area contributed by atoms with Crippen molar-refractivity contribution in [2.45, 2.75) is 88.9 Å². The van der Waals surface area contributed by atoms with Gasteiger partial charge in [0.2, 0.25) is 0 Å². The van der Waals surface area contributed by atoms with Gasteiger partial charge in [-0.05, 0) is 116 Å². The maximum absolute atomic E-state index is 2.65. The summed E-state index contributed by atoms with van der Waals surface area (Å²) in [5, 5.41) is 0. The maximum Gasteiger partial charge on any atom is 0.0714 e. The molecule has 11 rings (SSSR count). The van der Waals surface area contributed by atoms with Gasteiger partial charge < -0.3 is 4.90 Å². The predicted molar refractivity (Wildman–Crippen MR) is 265 cm³/mol. The lowest BCUT2D eigenvalue weighted by Gasteiger charge is -2.35. The molecule has 0 saturated carbocycles. The first-order chi connectivity index (χ1) is 30.7. The van der Waals surface area contributed by atoms with Crippen molar-refractivity contribution < 1.29 is 0 Å². The van der Waals surface area contributed by atoms with Crippen LogP contribution in [0.3, 0.4) is 0 Å². The minimum atomic E-state index is -0.504. The summed E-state index contributed by atoms with van der Waals surface area (Å²) in [5.41, 5.74) is 22.1. The van der Waals surface area contributed by atoms with Crippen molar-refractivity contribution in [2.24, 2.45) is 0 Å². The van der Waals surface area contributed by atoms with Crippen molar-refractivity contribution in [2.75, 3.05) is 4.90 Å². The second-order valence-electron chi connectivity index (χ2n) is 19.6. The second kappa shape index (κ2) is 14.6. The lowest BCUT2D eigenvalue weighted by atomic mass is 9.68. The van der Waals surface area contributed by atoms with Gasteiger partial charge in [-0.2, -0.15) is 0 Å². The quantitative estimate of drug-likeness (QED) is 0.140. The zero-order valence-electron chi connectivity index (χ0n) is 37.7. The van der Waals surface area contributed by atoms with Crippen LogP contribution < -0.4 is 4.90 Å². The molecule has 1 atom stereocenters. The van der Waals surface area contributed by atoms with E-state index in [1.807, 2.05) is 0 Å². The molecule has 8 aromatic carbocycles. The fourth-order valence-electron chi connectivity index (χ4n) is 12.9. The largest absolute Gasteiger partial charge is 0.309 e. The second-order valence-corrected chi connectivity index (χ2v) is 19.6. The Balaban J connectivity index is 1.23. The molecule has 0 aliphatic heterocycles. The first-order valence-electron chi connectivity index (χ1n) is 23.3. The minimum absolute atomic E-state index is 0.0404. The molecule has 0 spiro atoms. The lowest BCUT2D eigenvalue weighted by Crippen LogP contribution is -2.28. The number of hydrogen-bond acceptors (Lipinski definition) is 1. The van der Waals surface area contributed by atoms with E-state index in [1.165, 1.54) is 95.0 Å². The SMILES string of the molecule is CCCC1(c2ccccc2CC)CC(C)(C)c2cc(N(c3cccc4c3-c3ccccc3C4(C)C)c3cccc4c3-c3ccccc3C4(c3ccccc3)c3ccccc3)ccc21. The van der Waals surface area contributed by atoms with Gasteiger partial charge in [0.05, 0.1) is 16.8 Å². The Labute approximate surface area is 375 Å². The van der Waals surface area contributed by atoms with Crippen LogP contribution in [-0.2, 0) is 28.1 Å². The first kappa shape index (κ1) is 39.4. The van der Waals surface area contributed by atoms with Crippen LogP contribution >= 0.6 is 0 Å². The van der Waals surface area contributed by atoms with Crippen molar-refractivity contribution >= 4 is 17.1 Å². The molecule has 3 aliphatic carbocycles. The Morgan fingerprint density at radius 1 is 0.444 bits per heavy atom. The topological polar surface area (TPSA) is 3.24 Å². The molecule has 0 heterocycles. The van der Waals surface area contributed by atoms with Gasteiger partial charge in [0.1, 0.15) is 0 Å². The van der Waals surface area contributed by atoms with Gasteiger partial charge in [0.25, 0.3) is 0 Å². The molecule has 0 bridgehead atoms. The molecule has 0 amide bonds. The number of hydrogen-bond donors (Lipinski definition) is 0. The van der Waals surface area contributed by atoms with E-state index < -0.39 is 5.41 Å². The number of fused-ring (bicyclic) bond motifs is 7. The fourth-order valence-corrected chi connectivity index (χ4v) is 12.9. The summed E-state index contributed by atoms with van der Waals surface area (Å²) in [6.07, 6.45) is 4.39. The Morgan fingerprint density at radius 2 is 0.968 bits per heavy atom. The van der Waals surface area contributed by atoms with Gasteiger partial charge in [0, 0.05) is 27.6 Å². The summed E-state index contributed by atoms with van der Waals surface area (Å²) >= 11 is 0. The van der Waals surface area contributed by atoms with Gasteiger partial charge >= 0.3 is 0 Å². The molecular weight excluding hydrogens is 759 g/mol. The summed E-state index contributed by atoms with van der Waals surface area (Å²) in [7, 11) is 0. The third kappa shape index (κ3) is 5.54. The number of rotatable bonds is 9. The number of anilines is 3. The van der Waals surface area contributed by atoms with Gasteiger partial charge in [0.15, 0.2) is 0 Å². The zero-order valence-corrected chi connectivity index (χ0v) is 37.7. The summed E-state index contributed by atoms with van der Waals surface area (Å²) in [5.74, 6) is 0. The minimum Gasteiger partial charge on any atom is -0.309 e. The molecular formula is C62H57N. The Hall–Kier alpha value is -6.44. The molecule has 0 N–H and O–H groups in total. The highest BCUT2D eigenvalue weighted by molar-refractivity contribution is 6.01.